The molecule has 11 rings (SSSR count). The molecule has 0 fully saturated rings. The van der Waals surface area contributed by atoms with Crippen LogP contribution in [0.3, 0.4) is 0 Å². The first kappa shape index (κ1) is 29.1. The average molecular weight is 680 g/mol. The first-order chi connectivity index (χ1) is 25.7. The molecule has 52 heavy (non-hydrogen) atoms. The Bertz CT molecular complexity index is 3180. The molecule has 4 heteroatoms. The van der Waals surface area contributed by atoms with E-state index in [2.05, 4.69) is 196 Å². The number of hydrogen-bond donors (Lipinski definition) is 0. The fraction of sp³-hybridized carbons (Fsp3) is 0. The molecule has 0 saturated heterocycles. The summed E-state index contributed by atoms with van der Waals surface area (Å²) in [6.45, 7) is 0. The number of fused-ring (bicyclic) bond motifs is 9. The minimum absolute atomic E-state index is 1.05. The fourth-order valence-corrected chi connectivity index (χ4v) is 8.84. The van der Waals surface area contributed by atoms with Crippen LogP contribution in [0.5, 0.6) is 0 Å². The normalized spacial score (nSPS) is 12.0. The highest BCUT2D eigenvalue weighted by atomic mass is 28.1. The first-order valence-corrected chi connectivity index (χ1v) is 18.9. The molecule has 0 N–H and O–H groups in total. The van der Waals surface area contributed by atoms with Gasteiger partial charge in [-0.25, -0.2) is 0 Å². The second-order valence-corrected chi connectivity index (χ2v) is 15.0. The lowest BCUT2D eigenvalue weighted by Crippen LogP contribution is -2.02. The number of nitrogens with zero attached hydrogens (tertiary/aromatic N) is 3. The summed E-state index contributed by atoms with van der Waals surface area (Å²) >= 11 is 0. The molecule has 11 aromatic rings. The summed E-state index contributed by atoms with van der Waals surface area (Å²) in [5.41, 5.74) is 13.2. The number of hydrogen-bond acceptors (Lipinski definition) is 0. The van der Waals surface area contributed by atoms with Gasteiger partial charge in [-0.1, -0.05) is 108 Å². The maximum absolute atomic E-state index is 2.43. The van der Waals surface area contributed by atoms with Crippen molar-refractivity contribution >= 4 is 80.8 Å². The van der Waals surface area contributed by atoms with E-state index in [0.717, 1.165) is 21.6 Å². The lowest BCUT2D eigenvalue weighted by atomic mass is 10.0. The van der Waals surface area contributed by atoms with Gasteiger partial charge in [0, 0.05) is 59.6 Å². The SMILES string of the molecule is [SiH3]c1ccc(-n2c3ccccc3c3cc(-c4ccc5c(c4)c4ccccc4n5-c4ccc5c6ccccc6n(-c6ccccc6)c5c4)ccc32)cc1. The van der Waals surface area contributed by atoms with Crippen LogP contribution in [0.15, 0.2) is 182 Å². The van der Waals surface area contributed by atoms with Crippen LogP contribution >= 0.6 is 0 Å². The van der Waals surface area contributed by atoms with Gasteiger partial charge in [-0.15, -0.1) is 0 Å². The Morgan fingerprint density at radius 1 is 0.269 bits per heavy atom. The number of para-hydroxylation sites is 4. The summed E-state index contributed by atoms with van der Waals surface area (Å²) in [5, 5.41) is 8.97. The van der Waals surface area contributed by atoms with Crippen LogP contribution < -0.4 is 5.19 Å². The van der Waals surface area contributed by atoms with Gasteiger partial charge in [0.2, 0.25) is 0 Å². The predicted octanol–water partition coefficient (Wildman–Crippen LogP) is 10.6. The van der Waals surface area contributed by atoms with E-state index in [0.29, 0.717) is 0 Å². The lowest BCUT2D eigenvalue weighted by molar-refractivity contribution is 1.15. The van der Waals surface area contributed by atoms with Crippen LogP contribution in [0.1, 0.15) is 0 Å². The van der Waals surface area contributed by atoms with Crippen molar-refractivity contribution in [1.29, 1.82) is 0 Å². The Hall–Kier alpha value is -6.62. The van der Waals surface area contributed by atoms with Crippen LogP contribution in [-0.2, 0) is 0 Å². The Morgan fingerprint density at radius 3 is 1.25 bits per heavy atom. The first-order valence-electron chi connectivity index (χ1n) is 17.9. The summed E-state index contributed by atoms with van der Waals surface area (Å²) in [6.07, 6.45) is 0. The molecule has 0 bridgehead atoms. The summed E-state index contributed by atoms with van der Waals surface area (Å²) in [5.74, 6) is 0. The number of rotatable bonds is 4. The van der Waals surface area contributed by atoms with E-state index in [1.807, 2.05) is 0 Å². The van der Waals surface area contributed by atoms with E-state index in [1.165, 1.54) is 87.4 Å². The van der Waals surface area contributed by atoms with Crippen molar-refractivity contribution in [2.75, 3.05) is 0 Å². The van der Waals surface area contributed by atoms with Crippen molar-refractivity contribution in [3.63, 3.8) is 0 Å². The molecule has 0 atom stereocenters. The van der Waals surface area contributed by atoms with E-state index in [4.69, 9.17) is 0 Å². The summed E-state index contributed by atoms with van der Waals surface area (Å²) in [4.78, 5) is 0. The molecule has 0 unspecified atom stereocenters. The highest BCUT2D eigenvalue weighted by molar-refractivity contribution is 6.32. The molecular weight excluding hydrogens is 647 g/mol. The quantitative estimate of drug-likeness (QED) is 0.165. The van der Waals surface area contributed by atoms with Crippen LogP contribution in [0.2, 0.25) is 0 Å². The van der Waals surface area contributed by atoms with Gasteiger partial charge in [0.15, 0.2) is 0 Å². The minimum atomic E-state index is 1.05. The Balaban J connectivity index is 1.10. The topological polar surface area (TPSA) is 14.8 Å². The number of aromatic nitrogens is 3. The lowest BCUT2D eigenvalue weighted by Gasteiger charge is -2.11. The number of benzene rings is 8. The summed E-state index contributed by atoms with van der Waals surface area (Å²) < 4.78 is 7.23. The molecule has 0 aliphatic carbocycles. The van der Waals surface area contributed by atoms with Crippen molar-refractivity contribution in [2.24, 2.45) is 0 Å². The van der Waals surface area contributed by atoms with E-state index in [1.54, 1.807) is 0 Å². The third kappa shape index (κ3) is 4.25. The van der Waals surface area contributed by atoms with Crippen LogP contribution in [0.25, 0.3) is 93.6 Å². The molecule has 244 valence electrons. The van der Waals surface area contributed by atoms with Crippen molar-refractivity contribution in [2.45, 2.75) is 0 Å². The van der Waals surface area contributed by atoms with Gasteiger partial charge in [0.1, 0.15) is 0 Å². The Labute approximate surface area is 303 Å². The molecule has 0 amide bonds. The zero-order valence-corrected chi connectivity index (χ0v) is 30.7. The molecule has 3 aromatic heterocycles. The minimum Gasteiger partial charge on any atom is -0.309 e. The zero-order chi connectivity index (χ0) is 34.3. The maximum Gasteiger partial charge on any atom is 0.0561 e. The van der Waals surface area contributed by atoms with Gasteiger partial charge in [-0.2, -0.15) is 0 Å². The van der Waals surface area contributed by atoms with E-state index in [-0.39, 0.29) is 0 Å². The average Bonchev–Trinajstić information content (AvgIpc) is 3.83. The third-order valence-corrected chi connectivity index (χ3v) is 11.6. The molecule has 8 aromatic carbocycles. The zero-order valence-electron chi connectivity index (χ0n) is 28.7. The largest absolute Gasteiger partial charge is 0.309 e. The second-order valence-electron chi connectivity index (χ2n) is 13.9. The Morgan fingerprint density at radius 2 is 0.673 bits per heavy atom. The van der Waals surface area contributed by atoms with E-state index in [9.17, 15) is 0 Å². The molecule has 0 saturated carbocycles. The van der Waals surface area contributed by atoms with Crippen molar-refractivity contribution in [1.82, 2.24) is 13.7 Å². The maximum atomic E-state index is 2.43. The summed E-state index contributed by atoms with van der Waals surface area (Å²) in [6, 6.07) is 66.9. The molecule has 3 nitrogen and oxygen atoms in total. The van der Waals surface area contributed by atoms with Crippen molar-refractivity contribution in [3.05, 3.63) is 182 Å². The van der Waals surface area contributed by atoms with Crippen LogP contribution in [0.4, 0.5) is 0 Å². The fourth-order valence-electron chi connectivity index (χ4n) is 8.51. The summed E-state index contributed by atoms with van der Waals surface area (Å²) in [7, 11) is 1.05. The second kappa shape index (κ2) is 11.2. The van der Waals surface area contributed by atoms with Gasteiger partial charge in [0.05, 0.1) is 33.1 Å². The standard InChI is InChI=1S/C48H33N3Si/c52-36-23-20-34(21-24-36)49-44-16-8-5-13-38(44)41-28-31(18-26-46(41)49)32-19-27-47-42(29-32)39-14-6-9-17-45(39)51(47)35-22-25-40-37-12-4-7-15-43(37)50(48(40)30-35)33-10-2-1-3-11-33/h1-30H,52H3. The highest BCUT2D eigenvalue weighted by Gasteiger charge is 2.18. The van der Waals surface area contributed by atoms with Gasteiger partial charge in [0.25, 0.3) is 0 Å². The van der Waals surface area contributed by atoms with Crippen molar-refractivity contribution < 1.29 is 0 Å². The van der Waals surface area contributed by atoms with E-state index < -0.39 is 0 Å². The van der Waals surface area contributed by atoms with Gasteiger partial charge in [-0.05, 0) is 90.0 Å². The Kier molecular flexibility index (Phi) is 6.27. The van der Waals surface area contributed by atoms with E-state index >= 15 is 0 Å². The molecule has 0 radical (unpaired) electrons. The molecule has 3 heterocycles. The molecular formula is C48H33N3Si. The molecule has 0 aliphatic rings. The highest BCUT2D eigenvalue weighted by Crippen LogP contribution is 2.40. The van der Waals surface area contributed by atoms with Crippen molar-refractivity contribution in [3.8, 4) is 28.2 Å². The molecule has 0 spiro atoms. The van der Waals surface area contributed by atoms with Crippen LogP contribution in [-0.4, -0.2) is 23.9 Å². The van der Waals surface area contributed by atoms with Gasteiger partial charge < -0.3 is 13.7 Å². The third-order valence-electron chi connectivity index (χ3n) is 10.9. The van der Waals surface area contributed by atoms with Crippen LogP contribution in [0, 0.1) is 0 Å². The van der Waals surface area contributed by atoms with Gasteiger partial charge in [-0.3, -0.25) is 0 Å². The smallest absolute Gasteiger partial charge is 0.0561 e. The monoisotopic (exact) mass is 679 g/mol. The predicted molar refractivity (Wildman–Crippen MR) is 224 cm³/mol. The van der Waals surface area contributed by atoms with Gasteiger partial charge >= 0.3 is 0 Å². The molecule has 0 aliphatic heterocycles.